The number of anilines is 1. The van der Waals surface area contributed by atoms with E-state index in [1.165, 1.54) is 25.2 Å². The monoisotopic (exact) mass is 654 g/mol. The standard InChI is InChI=1S/C28H27BrF4N4O5/c1-34-25(40)35-20-11-10-19-18(22(20)29)3-2-12-27(19)24(39)37(26(41)42-27)14-21(38)36(13-15-4-8-17(30)9-5-15)23(16-6-7-16)28(31,32)33/h4-5,8-11,16,23H,2-3,6-7,12-14H2,1H3,(H2,34,35,40)/t23-,27?/m0/s1. The van der Waals surface area contributed by atoms with E-state index in [0.29, 0.717) is 43.9 Å². The fraction of sp³-hybridized carbons (Fsp3) is 0.429. The Balaban J connectivity index is 1.43. The van der Waals surface area contributed by atoms with Gasteiger partial charge in [0, 0.05) is 30.0 Å². The molecule has 1 aliphatic heterocycles. The Morgan fingerprint density at radius 3 is 2.48 bits per heavy atom. The molecule has 1 saturated carbocycles. The number of hydrogen-bond donors (Lipinski definition) is 2. The molecule has 1 heterocycles. The van der Waals surface area contributed by atoms with Crippen LogP contribution in [-0.4, -0.2) is 59.5 Å². The van der Waals surface area contributed by atoms with Crippen molar-refractivity contribution in [1.29, 1.82) is 0 Å². The van der Waals surface area contributed by atoms with Crippen molar-refractivity contribution in [3.63, 3.8) is 0 Å². The lowest BCUT2D eigenvalue weighted by atomic mass is 9.78. The fourth-order valence-electron chi connectivity index (χ4n) is 5.65. The van der Waals surface area contributed by atoms with Crippen LogP contribution in [0.25, 0.3) is 0 Å². The molecule has 14 heteroatoms. The number of nitrogens with one attached hydrogen (secondary N) is 2. The third-order valence-corrected chi connectivity index (χ3v) is 8.71. The van der Waals surface area contributed by atoms with Crippen LogP contribution in [0.2, 0.25) is 0 Å². The molecule has 0 bridgehead atoms. The molecule has 2 N–H and O–H groups in total. The van der Waals surface area contributed by atoms with Crippen molar-refractivity contribution in [2.24, 2.45) is 5.92 Å². The minimum Gasteiger partial charge on any atom is -0.427 e. The van der Waals surface area contributed by atoms with Gasteiger partial charge in [0.2, 0.25) is 11.5 Å². The average Bonchev–Trinajstić information content (AvgIpc) is 3.74. The second-order valence-electron chi connectivity index (χ2n) is 10.6. The first-order chi connectivity index (χ1) is 19.9. The Morgan fingerprint density at radius 1 is 1.17 bits per heavy atom. The lowest BCUT2D eigenvalue weighted by Gasteiger charge is -2.34. The number of carbonyl (C=O) groups is 4. The van der Waals surface area contributed by atoms with Crippen LogP contribution in [0.1, 0.15) is 42.4 Å². The van der Waals surface area contributed by atoms with Gasteiger partial charge < -0.3 is 20.3 Å². The SMILES string of the molecule is CNC(=O)Nc1ccc2c(c1Br)CCCC21OC(=O)N(CC(=O)N(Cc2ccc(F)cc2)[C@@H](C2CC2)C(F)(F)F)C1=O. The Bertz CT molecular complexity index is 1430. The number of alkyl halides is 3. The molecule has 5 rings (SSSR count). The zero-order chi connectivity index (χ0) is 30.4. The number of urea groups is 1. The second kappa shape index (κ2) is 11.2. The van der Waals surface area contributed by atoms with Crippen molar-refractivity contribution in [3.8, 4) is 0 Å². The summed E-state index contributed by atoms with van der Waals surface area (Å²) in [6.07, 6.45) is -4.34. The van der Waals surface area contributed by atoms with Gasteiger partial charge in [-0.2, -0.15) is 13.2 Å². The Morgan fingerprint density at radius 2 is 1.86 bits per heavy atom. The van der Waals surface area contributed by atoms with Gasteiger partial charge in [0.1, 0.15) is 18.4 Å². The van der Waals surface area contributed by atoms with E-state index >= 15 is 0 Å². The summed E-state index contributed by atoms with van der Waals surface area (Å²) in [5, 5.41) is 5.09. The number of ether oxygens (including phenoxy) is 1. The molecular weight excluding hydrogens is 628 g/mol. The molecule has 2 fully saturated rings. The summed E-state index contributed by atoms with van der Waals surface area (Å²) in [5.41, 5.74) is -0.0953. The van der Waals surface area contributed by atoms with Crippen molar-refractivity contribution in [1.82, 2.24) is 15.1 Å². The van der Waals surface area contributed by atoms with Gasteiger partial charge in [0.05, 0.1) is 5.69 Å². The molecule has 3 aliphatic rings. The molecule has 2 aromatic carbocycles. The molecule has 2 aromatic rings. The first kappa shape index (κ1) is 29.8. The number of rotatable bonds is 7. The first-order valence-electron chi connectivity index (χ1n) is 13.3. The van der Waals surface area contributed by atoms with Gasteiger partial charge >= 0.3 is 18.3 Å². The van der Waals surface area contributed by atoms with Crippen LogP contribution in [0.5, 0.6) is 0 Å². The predicted molar refractivity (Wildman–Crippen MR) is 145 cm³/mol. The summed E-state index contributed by atoms with van der Waals surface area (Å²) >= 11 is 3.46. The van der Waals surface area contributed by atoms with E-state index in [2.05, 4.69) is 26.6 Å². The molecule has 1 saturated heterocycles. The number of nitrogens with zero attached hydrogens (tertiary/aromatic N) is 2. The zero-order valence-corrected chi connectivity index (χ0v) is 24.0. The molecule has 1 unspecified atom stereocenters. The fourth-order valence-corrected chi connectivity index (χ4v) is 6.30. The molecule has 2 aliphatic carbocycles. The van der Waals surface area contributed by atoms with E-state index < -0.39 is 66.6 Å². The normalized spacial score (nSPS) is 20.7. The van der Waals surface area contributed by atoms with E-state index in [0.717, 1.165) is 12.1 Å². The van der Waals surface area contributed by atoms with Gasteiger partial charge in [-0.15, -0.1) is 0 Å². The van der Waals surface area contributed by atoms with Crippen LogP contribution in [-0.2, 0) is 32.9 Å². The highest BCUT2D eigenvalue weighted by Gasteiger charge is 2.59. The maximum absolute atomic E-state index is 14.2. The number of halogens is 5. The minimum atomic E-state index is -4.76. The van der Waals surface area contributed by atoms with Crippen molar-refractivity contribution < 1.29 is 41.5 Å². The highest BCUT2D eigenvalue weighted by Crippen LogP contribution is 2.48. The summed E-state index contributed by atoms with van der Waals surface area (Å²) in [6, 6.07) is 5.21. The number of carbonyl (C=O) groups excluding carboxylic acids is 4. The molecule has 2 atom stereocenters. The topological polar surface area (TPSA) is 108 Å². The van der Waals surface area contributed by atoms with E-state index in [-0.39, 0.29) is 24.8 Å². The zero-order valence-electron chi connectivity index (χ0n) is 22.4. The van der Waals surface area contributed by atoms with Gasteiger partial charge in [-0.25, -0.2) is 18.9 Å². The maximum Gasteiger partial charge on any atom is 0.418 e. The number of fused-ring (bicyclic) bond motifs is 2. The number of imide groups is 1. The second-order valence-corrected chi connectivity index (χ2v) is 11.4. The quantitative estimate of drug-likeness (QED) is 0.398. The summed E-state index contributed by atoms with van der Waals surface area (Å²) in [6.45, 7) is -1.44. The van der Waals surface area contributed by atoms with Crippen molar-refractivity contribution in [3.05, 3.63) is 63.4 Å². The number of benzene rings is 2. The highest BCUT2D eigenvalue weighted by atomic mass is 79.9. The molecule has 5 amide bonds. The third kappa shape index (κ3) is 5.55. The van der Waals surface area contributed by atoms with Crippen LogP contribution >= 0.6 is 15.9 Å². The van der Waals surface area contributed by atoms with Crippen LogP contribution in [0.15, 0.2) is 40.9 Å². The summed E-state index contributed by atoms with van der Waals surface area (Å²) in [4.78, 5) is 53.4. The minimum absolute atomic E-state index is 0.108. The van der Waals surface area contributed by atoms with Crippen LogP contribution < -0.4 is 10.6 Å². The molecule has 1 spiro atoms. The van der Waals surface area contributed by atoms with Crippen LogP contribution in [0.4, 0.5) is 32.8 Å². The molecular formula is C28H27BrF4N4O5. The smallest absolute Gasteiger partial charge is 0.418 e. The van der Waals surface area contributed by atoms with Gasteiger partial charge in [-0.05, 0) is 76.9 Å². The number of hydrogen-bond acceptors (Lipinski definition) is 5. The molecule has 0 radical (unpaired) electrons. The van der Waals surface area contributed by atoms with Crippen molar-refractivity contribution in [2.45, 2.75) is 56.5 Å². The summed E-state index contributed by atoms with van der Waals surface area (Å²) in [7, 11) is 1.45. The van der Waals surface area contributed by atoms with Crippen molar-refractivity contribution in [2.75, 3.05) is 18.9 Å². The van der Waals surface area contributed by atoms with E-state index in [1.807, 2.05) is 0 Å². The van der Waals surface area contributed by atoms with Gasteiger partial charge in [-0.3, -0.25) is 9.59 Å². The van der Waals surface area contributed by atoms with Gasteiger partial charge in [0.25, 0.3) is 5.91 Å². The van der Waals surface area contributed by atoms with Gasteiger partial charge in [0.15, 0.2) is 0 Å². The first-order valence-corrected chi connectivity index (χ1v) is 14.1. The lowest BCUT2D eigenvalue weighted by Crippen LogP contribution is -2.53. The molecule has 42 heavy (non-hydrogen) atoms. The van der Waals surface area contributed by atoms with Crippen LogP contribution in [0, 0.1) is 11.7 Å². The van der Waals surface area contributed by atoms with E-state index in [1.54, 1.807) is 6.07 Å². The Labute approximate surface area is 246 Å². The van der Waals surface area contributed by atoms with E-state index in [4.69, 9.17) is 4.74 Å². The molecule has 0 aromatic heterocycles. The third-order valence-electron chi connectivity index (χ3n) is 7.80. The highest BCUT2D eigenvalue weighted by molar-refractivity contribution is 9.10. The summed E-state index contributed by atoms with van der Waals surface area (Å²) in [5.74, 6) is -3.34. The maximum atomic E-state index is 14.2. The van der Waals surface area contributed by atoms with E-state index in [9.17, 15) is 36.7 Å². The van der Waals surface area contributed by atoms with Crippen molar-refractivity contribution >= 4 is 45.6 Å². The largest absolute Gasteiger partial charge is 0.427 e. The average molecular weight is 655 g/mol. The lowest BCUT2D eigenvalue weighted by molar-refractivity contribution is -0.196. The Kier molecular flexibility index (Phi) is 7.94. The molecule has 9 nitrogen and oxygen atoms in total. The van der Waals surface area contributed by atoms with Gasteiger partial charge in [-0.1, -0.05) is 18.2 Å². The Hall–Kier alpha value is -3.68. The van der Waals surface area contributed by atoms with Crippen LogP contribution in [0.3, 0.4) is 0 Å². The predicted octanol–water partition coefficient (Wildman–Crippen LogP) is 5.22. The summed E-state index contributed by atoms with van der Waals surface area (Å²) < 4.78 is 62.2. The molecule has 224 valence electrons. The number of amides is 5.